The van der Waals surface area contributed by atoms with Gasteiger partial charge in [-0.05, 0) is 25.0 Å². The predicted molar refractivity (Wildman–Crippen MR) is 44.3 cm³/mol. The summed E-state index contributed by atoms with van der Waals surface area (Å²) in [6, 6.07) is 3.73. The molecule has 1 heterocycles. The van der Waals surface area contributed by atoms with Crippen molar-refractivity contribution in [3.63, 3.8) is 0 Å². The van der Waals surface area contributed by atoms with Gasteiger partial charge in [0, 0.05) is 6.20 Å². The van der Waals surface area contributed by atoms with Gasteiger partial charge in [0.15, 0.2) is 0 Å². The lowest BCUT2D eigenvalue weighted by Gasteiger charge is -2.06. The van der Waals surface area contributed by atoms with E-state index in [1.165, 1.54) is 0 Å². The minimum atomic E-state index is -0.134. The molecule has 0 saturated heterocycles. The zero-order chi connectivity index (χ0) is 7.90. The second kappa shape index (κ2) is 2.19. The summed E-state index contributed by atoms with van der Waals surface area (Å²) in [4.78, 5) is 4.16. The highest BCUT2D eigenvalue weighted by Crippen LogP contribution is 2.41. The number of rotatable bonds is 1. The van der Waals surface area contributed by atoms with Crippen molar-refractivity contribution in [2.75, 3.05) is 0 Å². The van der Waals surface area contributed by atoms with Crippen molar-refractivity contribution in [2.24, 2.45) is 5.73 Å². The number of hydrogen-bond acceptors (Lipinski definition) is 2. The van der Waals surface area contributed by atoms with Gasteiger partial charge in [-0.2, -0.15) is 0 Å². The number of halogens is 1. The van der Waals surface area contributed by atoms with Crippen molar-refractivity contribution in [3.8, 4) is 0 Å². The molecule has 0 atom stereocenters. The molecular formula is C8H9ClN2. The maximum Gasteiger partial charge on any atom is 0.0603 e. The van der Waals surface area contributed by atoms with Gasteiger partial charge >= 0.3 is 0 Å². The summed E-state index contributed by atoms with van der Waals surface area (Å²) < 4.78 is 0. The zero-order valence-electron chi connectivity index (χ0n) is 6.05. The van der Waals surface area contributed by atoms with E-state index in [0.29, 0.717) is 5.02 Å². The Morgan fingerprint density at radius 2 is 2.18 bits per heavy atom. The highest BCUT2D eigenvalue weighted by molar-refractivity contribution is 6.30. The van der Waals surface area contributed by atoms with E-state index in [9.17, 15) is 0 Å². The van der Waals surface area contributed by atoms with E-state index in [4.69, 9.17) is 17.3 Å². The first-order valence-corrected chi connectivity index (χ1v) is 3.99. The van der Waals surface area contributed by atoms with Crippen LogP contribution in [0.3, 0.4) is 0 Å². The average molecular weight is 169 g/mol. The minimum Gasteiger partial charge on any atom is -0.320 e. The van der Waals surface area contributed by atoms with Gasteiger partial charge in [-0.15, -0.1) is 0 Å². The first-order valence-electron chi connectivity index (χ1n) is 3.62. The maximum atomic E-state index is 5.91. The Morgan fingerprint density at radius 3 is 2.64 bits per heavy atom. The van der Waals surface area contributed by atoms with E-state index >= 15 is 0 Å². The molecule has 0 unspecified atom stereocenters. The summed E-state index contributed by atoms with van der Waals surface area (Å²) in [5.41, 5.74) is 6.74. The number of aromatic nitrogens is 1. The normalized spacial score (nSPS) is 19.8. The maximum absolute atomic E-state index is 5.91. The van der Waals surface area contributed by atoms with Gasteiger partial charge in [0.05, 0.1) is 16.3 Å². The second-order valence-corrected chi connectivity index (χ2v) is 3.45. The van der Waals surface area contributed by atoms with Crippen LogP contribution in [-0.4, -0.2) is 4.98 Å². The van der Waals surface area contributed by atoms with Crippen molar-refractivity contribution < 1.29 is 0 Å². The lowest BCUT2D eigenvalue weighted by molar-refractivity contribution is 0.708. The number of pyridine rings is 1. The average Bonchev–Trinajstić information content (AvgIpc) is 2.70. The molecule has 1 aliphatic carbocycles. The topological polar surface area (TPSA) is 38.9 Å². The monoisotopic (exact) mass is 168 g/mol. The second-order valence-electron chi connectivity index (χ2n) is 3.02. The Morgan fingerprint density at radius 1 is 1.45 bits per heavy atom. The molecule has 0 aliphatic heterocycles. The van der Waals surface area contributed by atoms with E-state index in [2.05, 4.69) is 4.98 Å². The molecular weight excluding hydrogens is 160 g/mol. The lowest BCUT2D eigenvalue weighted by atomic mass is 10.2. The Kier molecular flexibility index (Phi) is 1.41. The van der Waals surface area contributed by atoms with Gasteiger partial charge in [0.25, 0.3) is 0 Å². The molecule has 0 bridgehead atoms. The van der Waals surface area contributed by atoms with Crippen LogP contribution in [0.2, 0.25) is 5.02 Å². The minimum absolute atomic E-state index is 0.134. The molecule has 0 amide bonds. The van der Waals surface area contributed by atoms with E-state index in [1.807, 2.05) is 12.1 Å². The van der Waals surface area contributed by atoms with Crippen molar-refractivity contribution in [2.45, 2.75) is 18.4 Å². The van der Waals surface area contributed by atoms with Crippen LogP contribution in [-0.2, 0) is 5.54 Å². The van der Waals surface area contributed by atoms with Crippen LogP contribution in [0.4, 0.5) is 0 Å². The third-order valence-electron chi connectivity index (χ3n) is 2.03. The van der Waals surface area contributed by atoms with Crippen molar-refractivity contribution >= 4 is 11.6 Å². The fourth-order valence-electron chi connectivity index (χ4n) is 1.06. The van der Waals surface area contributed by atoms with E-state index in [-0.39, 0.29) is 5.54 Å². The molecule has 1 saturated carbocycles. The first-order chi connectivity index (χ1) is 5.21. The summed E-state index contributed by atoms with van der Waals surface area (Å²) in [5.74, 6) is 0. The summed E-state index contributed by atoms with van der Waals surface area (Å²) in [6.07, 6.45) is 3.73. The molecule has 58 valence electrons. The molecule has 2 N–H and O–H groups in total. The lowest BCUT2D eigenvalue weighted by Crippen LogP contribution is -2.19. The molecule has 0 spiro atoms. The van der Waals surface area contributed by atoms with E-state index in [1.54, 1.807) is 6.20 Å². The molecule has 1 fully saturated rings. The third kappa shape index (κ3) is 1.24. The summed E-state index contributed by atoms with van der Waals surface area (Å²) in [6.45, 7) is 0. The van der Waals surface area contributed by atoms with Crippen LogP contribution in [0.5, 0.6) is 0 Å². The Balaban J connectivity index is 2.33. The quantitative estimate of drug-likeness (QED) is 0.693. The van der Waals surface area contributed by atoms with Gasteiger partial charge < -0.3 is 5.73 Å². The SMILES string of the molecule is NC1(c2ccc(Cl)cn2)CC1. The molecule has 2 rings (SSSR count). The predicted octanol–water partition coefficient (Wildman–Crippen LogP) is 1.68. The van der Waals surface area contributed by atoms with Crippen LogP contribution >= 0.6 is 11.6 Å². The van der Waals surface area contributed by atoms with Crippen molar-refractivity contribution in [3.05, 3.63) is 29.0 Å². The Bertz CT molecular complexity index is 264. The fourth-order valence-corrected chi connectivity index (χ4v) is 1.17. The van der Waals surface area contributed by atoms with E-state index in [0.717, 1.165) is 18.5 Å². The van der Waals surface area contributed by atoms with Crippen LogP contribution < -0.4 is 5.73 Å². The van der Waals surface area contributed by atoms with Crippen LogP contribution in [0.15, 0.2) is 18.3 Å². The van der Waals surface area contributed by atoms with Crippen molar-refractivity contribution in [1.29, 1.82) is 0 Å². The third-order valence-corrected chi connectivity index (χ3v) is 2.25. The standard InChI is InChI=1S/C8H9ClN2/c9-6-1-2-7(11-5-6)8(10)3-4-8/h1-2,5H,3-4,10H2. The molecule has 1 aromatic rings. The molecule has 0 aromatic carbocycles. The summed E-state index contributed by atoms with van der Waals surface area (Å²) >= 11 is 5.68. The summed E-state index contributed by atoms with van der Waals surface area (Å²) in [5, 5.41) is 0.665. The van der Waals surface area contributed by atoms with Crippen LogP contribution in [0, 0.1) is 0 Å². The number of hydrogen-bond donors (Lipinski definition) is 1. The summed E-state index contributed by atoms with van der Waals surface area (Å²) in [7, 11) is 0. The van der Waals surface area contributed by atoms with Gasteiger partial charge in [0.2, 0.25) is 0 Å². The molecule has 1 aliphatic rings. The number of nitrogens with two attached hydrogens (primary N) is 1. The smallest absolute Gasteiger partial charge is 0.0603 e. The fraction of sp³-hybridized carbons (Fsp3) is 0.375. The first kappa shape index (κ1) is 7.07. The number of nitrogens with zero attached hydrogens (tertiary/aromatic N) is 1. The van der Waals surface area contributed by atoms with Gasteiger partial charge in [-0.1, -0.05) is 11.6 Å². The van der Waals surface area contributed by atoms with Gasteiger partial charge in [-0.25, -0.2) is 0 Å². The van der Waals surface area contributed by atoms with Crippen molar-refractivity contribution in [1.82, 2.24) is 4.98 Å². The Hall–Kier alpha value is -0.600. The molecule has 3 heteroatoms. The molecule has 0 radical (unpaired) electrons. The van der Waals surface area contributed by atoms with Crippen LogP contribution in [0.25, 0.3) is 0 Å². The zero-order valence-corrected chi connectivity index (χ0v) is 6.80. The van der Waals surface area contributed by atoms with E-state index < -0.39 is 0 Å². The van der Waals surface area contributed by atoms with Crippen LogP contribution in [0.1, 0.15) is 18.5 Å². The van der Waals surface area contributed by atoms with Gasteiger partial charge in [-0.3, -0.25) is 4.98 Å². The van der Waals surface area contributed by atoms with Gasteiger partial charge in [0.1, 0.15) is 0 Å². The molecule has 11 heavy (non-hydrogen) atoms. The highest BCUT2D eigenvalue weighted by atomic mass is 35.5. The largest absolute Gasteiger partial charge is 0.320 e. The molecule has 1 aromatic heterocycles. The Labute approximate surface area is 70.4 Å². The highest BCUT2D eigenvalue weighted by Gasteiger charge is 2.41. The molecule has 2 nitrogen and oxygen atoms in total.